The molecular weight excluding hydrogens is 453 g/mol. The lowest BCUT2D eigenvalue weighted by Gasteiger charge is -2.27. The van der Waals surface area contributed by atoms with Crippen LogP contribution in [0.1, 0.15) is 27.9 Å². The van der Waals surface area contributed by atoms with Gasteiger partial charge in [0.15, 0.2) is 5.69 Å². The molecule has 5 rings (SSSR count). The van der Waals surface area contributed by atoms with Crippen molar-refractivity contribution in [2.24, 2.45) is 0 Å². The summed E-state index contributed by atoms with van der Waals surface area (Å²) < 4.78 is 15.6. The van der Waals surface area contributed by atoms with Crippen LogP contribution < -0.4 is 5.32 Å². The highest BCUT2D eigenvalue weighted by Crippen LogP contribution is 2.33. The largest absolute Gasteiger partial charge is 0.333 e. The molecule has 7 heteroatoms. The number of hydrogen-bond donors (Lipinski definition) is 1. The van der Waals surface area contributed by atoms with E-state index in [1.165, 1.54) is 0 Å². The van der Waals surface area contributed by atoms with Crippen LogP contribution in [-0.2, 0) is 19.5 Å². The van der Waals surface area contributed by atoms with Crippen LogP contribution in [0.3, 0.4) is 0 Å². The molecule has 2 aromatic heterocycles. The first-order chi connectivity index (χ1) is 17.5. The lowest BCUT2D eigenvalue weighted by atomic mass is 10.0. The normalized spacial score (nSPS) is 13.6. The maximum absolute atomic E-state index is 13.8. The molecule has 2 aromatic carbocycles. The Kier molecular flexibility index (Phi) is 6.61. The second-order valence-corrected chi connectivity index (χ2v) is 8.99. The summed E-state index contributed by atoms with van der Waals surface area (Å²) in [6.45, 7) is 11.8. The Morgan fingerprint density at radius 1 is 1.25 bits per heavy atom. The zero-order valence-corrected chi connectivity index (χ0v) is 20.0. The van der Waals surface area contributed by atoms with E-state index in [0.29, 0.717) is 30.8 Å². The number of nitrogens with one attached hydrogen (secondary N) is 1. The Bertz CT molecular complexity index is 1500. The van der Waals surface area contributed by atoms with E-state index in [0.717, 1.165) is 46.4 Å². The van der Waals surface area contributed by atoms with E-state index in [1.807, 2.05) is 36.4 Å². The van der Waals surface area contributed by atoms with Crippen LogP contribution in [0.4, 0.5) is 14.9 Å². The lowest BCUT2D eigenvalue weighted by Crippen LogP contribution is -2.34. The maximum atomic E-state index is 13.8. The van der Waals surface area contributed by atoms with E-state index in [2.05, 4.69) is 20.0 Å². The molecule has 0 saturated carbocycles. The van der Waals surface area contributed by atoms with E-state index in [9.17, 15) is 9.18 Å². The topological polar surface area (TPSA) is 54.5 Å². The van der Waals surface area contributed by atoms with E-state index >= 15 is 0 Å². The van der Waals surface area contributed by atoms with Crippen LogP contribution in [0.15, 0.2) is 67.0 Å². The Morgan fingerprint density at radius 2 is 2.14 bits per heavy atom. The van der Waals surface area contributed by atoms with Crippen LogP contribution in [0.25, 0.3) is 21.8 Å². The molecule has 0 unspecified atom stereocenters. The van der Waals surface area contributed by atoms with Crippen LogP contribution in [0.2, 0.25) is 0 Å². The second-order valence-electron chi connectivity index (χ2n) is 8.99. The number of rotatable bonds is 5. The Balaban J connectivity index is 1.39. The highest BCUT2D eigenvalue weighted by molar-refractivity contribution is 5.97. The van der Waals surface area contributed by atoms with Crippen LogP contribution in [-0.4, -0.2) is 33.6 Å². The molecule has 180 valence electrons. The molecule has 4 aromatic rings. The minimum absolute atomic E-state index is 0.201. The number of aromatic nitrogens is 2. The Morgan fingerprint density at radius 3 is 2.92 bits per heavy atom. The molecule has 0 fully saturated rings. The Hall–Kier alpha value is -4.28. The smallest absolute Gasteiger partial charge is 0.326 e. The summed E-state index contributed by atoms with van der Waals surface area (Å²) in [6.07, 6.45) is 8.13. The summed E-state index contributed by atoms with van der Waals surface area (Å²) in [5, 5.41) is 3.99. The molecule has 0 saturated heterocycles. The number of carbonyl (C=O) groups excluding carboxylic acids is 1. The highest BCUT2D eigenvalue weighted by Gasteiger charge is 2.26. The van der Waals surface area contributed by atoms with Crippen LogP contribution >= 0.6 is 0 Å². The zero-order chi connectivity index (χ0) is 25.1. The molecule has 0 bridgehead atoms. The fourth-order valence-corrected chi connectivity index (χ4v) is 4.67. The first-order valence-corrected chi connectivity index (χ1v) is 11.9. The van der Waals surface area contributed by atoms with Gasteiger partial charge in [-0.05, 0) is 47.4 Å². The fourth-order valence-electron chi connectivity index (χ4n) is 4.67. The van der Waals surface area contributed by atoms with E-state index in [1.54, 1.807) is 48.1 Å². The number of carbonyl (C=O) groups is 1. The van der Waals surface area contributed by atoms with Gasteiger partial charge in [0, 0.05) is 61.6 Å². The van der Waals surface area contributed by atoms with Gasteiger partial charge in [-0.2, -0.15) is 0 Å². The molecule has 1 aliphatic rings. The lowest BCUT2D eigenvalue weighted by molar-refractivity contribution is 0.240. The van der Waals surface area contributed by atoms with Gasteiger partial charge in [-0.1, -0.05) is 42.5 Å². The second kappa shape index (κ2) is 10.1. The zero-order valence-electron chi connectivity index (χ0n) is 20.0. The molecule has 0 atom stereocenters. The molecule has 36 heavy (non-hydrogen) atoms. The van der Waals surface area contributed by atoms with Crippen molar-refractivity contribution < 1.29 is 9.18 Å². The summed E-state index contributed by atoms with van der Waals surface area (Å²) in [5.74, 6) is -0.201. The molecule has 1 amide bonds. The van der Waals surface area contributed by atoms with E-state index in [-0.39, 0.29) is 11.8 Å². The third-order valence-corrected chi connectivity index (χ3v) is 6.58. The fraction of sp³-hybridized carbons (Fsp3) is 0.207. The van der Waals surface area contributed by atoms with Gasteiger partial charge in [-0.3, -0.25) is 14.5 Å². The third-order valence-electron chi connectivity index (χ3n) is 6.58. The van der Waals surface area contributed by atoms with Gasteiger partial charge in [0.2, 0.25) is 0 Å². The predicted molar refractivity (Wildman–Crippen MR) is 139 cm³/mol. The summed E-state index contributed by atoms with van der Waals surface area (Å²) >= 11 is 0. The number of amides is 1. The average Bonchev–Trinajstić information content (AvgIpc) is 3.23. The molecular formula is C29H26FN5O. The van der Waals surface area contributed by atoms with Crippen molar-refractivity contribution in [1.82, 2.24) is 19.8 Å². The molecule has 0 aliphatic carbocycles. The highest BCUT2D eigenvalue weighted by atomic mass is 19.1. The number of fused-ring (bicyclic) bond motifs is 3. The molecule has 0 radical (unpaired) electrons. The molecule has 1 N–H and O–H groups in total. The van der Waals surface area contributed by atoms with Crippen molar-refractivity contribution in [3.8, 4) is 0 Å². The van der Waals surface area contributed by atoms with Gasteiger partial charge in [-0.15, -0.1) is 0 Å². The van der Waals surface area contributed by atoms with Gasteiger partial charge < -0.3 is 5.32 Å². The molecule has 3 heterocycles. The number of benzene rings is 2. The standard InChI is InChI=1S/C29H26FN5O/c1-20-7-8-21(15-26(20)30)6-4-13-34-14-11-27-25(19-34)24-10-9-23(31-2)16-28(24)35(27)29(36)33-18-22-5-3-12-32-17-22/h3-10,12,15-17H,11,13-14,18-19H2,1H3,(H,33,36)/b6-4+. The monoisotopic (exact) mass is 479 g/mol. The van der Waals surface area contributed by atoms with E-state index in [4.69, 9.17) is 6.57 Å². The quantitative estimate of drug-likeness (QED) is 0.365. The SMILES string of the molecule is [C-]#[N+]c1ccc2c3c(n(C(=O)NCc4cccnc4)c2c1)CCN(C/C=C/c1ccc(C)c(F)c1)C3. The summed E-state index contributed by atoms with van der Waals surface area (Å²) in [4.78, 5) is 23.3. The molecule has 6 nitrogen and oxygen atoms in total. The number of hydrogen-bond acceptors (Lipinski definition) is 3. The summed E-state index contributed by atoms with van der Waals surface area (Å²) in [7, 11) is 0. The minimum atomic E-state index is -0.207. The van der Waals surface area contributed by atoms with Crippen molar-refractivity contribution in [1.29, 1.82) is 0 Å². The first kappa shape index (κ1) is 23.5. The minimum Gasteiger partial charge on any atom is -0.333 e. The van der Waals surface area contributed by atoms with Crippen LogP contribution in [0, 0.1) is 19.3 Å². The maximum Gasteiger partial charge on any atom is 0.326 e. The number of aryl methyl sites for hydroxylation is 1. The van der Waals surface area contributed by atoms with Crippen molar-refractivity contribution in [2.75, 3.05) is 13.1 Å². The van der Waals surface area contributed by atoms with Gasteiger partial charge in [-0.25, -0.2) is 14.0 Å². The number of nitrogens with zero attached hydrogens (tertiary/aromatic N) is 4. The summed E-state index contributed by atoms with van der Waals surface area (Å²) in [5.41, 5.74) is 5.75. The molecule has 1 aliphatic heterocycles. The third kappa shape index (κ3) is 4.77. The van der Waals surface area contributed by atoms with Gasteiger partial charge in [0.05, 0.1) is 6.57 Å². The average molecular weight is 480 g/mol. The van der Waals surface area contributed by atoms with Crippen LogP contribution in [0.5, 0.6) is 0 Å². The number of halogens is 1. The Labute approximate surface area is 209 Å². The van der Waals surface area contributed by atoms with Gasteiger partial charge in [0.1, 0.15) is 5.82 Å². The van der Waals surface area contributed by atoms with Gasteiger partial charge in [0.25, 0.3) is 0 Å². The van der Waals surface area contributed by atoms with Gasteiger partial charge >= 0.3 is 6.03 Å². The predicted octanol–water partition coefficient (Wildman–Crippen LogP) is 5.86. The number of pyridine rings is 1. The van der Waals surface area contributed by atoms with Crippen molar-refractivity contribution in [3.05, 3.63) is 112 Å². The van der Waals surface area contributed by atoms with Crippen molar-refractivity contribution >= 4 is 28.7 Å². The summed E-state index contributed by atoms with van der Waals surface area (Å²) in [6, 6.07) is 14.3. The molecule has 0 spiro atoms. The van der Waals surface area contributed by atoms with Crippen molar-refractivity contribution in [3.63, 3.8) is 0 Å². The first-order valence-electron chi connectivity index (χ1n) is 11.9. The van der Waals surface area contributed by atoms with E-state index < -0.39 is 0 Å². The van der Waals surface area contributed by atoms with Crippen molar-refractivity contribution in [2.45, 2.75) is 26.4 Å².